The zero-order valence-corrected chi connectivity index (χ0v) is 11.8. The van der Waals surface area contributed by atoms with Gasteiger partial charge in [-0.25, -0.2) is 0 Å². The number of nitrogens with two attached hydrogens (primary N) is 1. The zero-order chi connectivity index (χ0) is 12.6. The second-order valence-electron chi connectivity index (χ2n) is 4.37. The van der Waals surface area contributed by atoms with Crippen molar-refractivity contribution in [3.8, 4) is 0 Å². The van der Waals surface area contributed by atoms with Gasteiger partial charge in [0, 0.05) is 4.47 Å². The normalized spacial score (nSPS) is 12.8. The van der Waals surface area contributed by atoms with Crippen molar-refractivity contribution < 1.29 is 4.42 Å². The SMILES string of the molecule is Cc1cc(C(N)c2cc(C)c(C)o2)ccc1Br. The average Bonchev–Trinajstić information content (AvgIpc) is 2.62. The Hall–Kier alpha value is -1.06. The van der Waals surface area contributed by atoms with Gasteiger partial charge >= 0.3 is 0 Å². The molecule has 0 fully saturated rings. The first-order valence-corrected chi connectivity index (χ1v) is 6.37. The predicted molar refractivity (Wildman–Crippen MR) is 73.1 cm³/mol. The number of hydrogen-bond acceptors (Lipinski definition) is 2. The van der Waals surface area contributed by atoms with Gasteiger partial charge in [-0.05, 0) is 49.6 Å². The molecule has 1 heterocycles. The summed E-state index contributed by atoms with van der Waals surface area (Å²) in [4.78, 5) is 0. The smallest absolute Gasteiger partial charge is 0.125 e. The number of aryl methyl sites for hydroxylation is 3. The fraction of sp³-hybridized carbons (Fsp3) is 0.286. The number of rotatable bonds is 2. The number of halogens is 1. The fourth-order valence-electron chi connectivity index (χ4n) is 1.78. The van der Waals surface area contributed by atoms with E-state index in [1.807, 2.05) is 32.0 Å². The lowest BCUT2D eigenvalue weighted by Gasteiger charge is -2.10. The van der Waals surface area contributed by atoms with Crippen LogP contribution < -0.4 is 5.73 Å². The maximum absolute atomic E-state index is 6.21. The Balaban J connectivity index is 2.36. The molecule has 1 aromatic carbocycles. The summed E-state index contributed by atoms with van der Waals surface area (Å²) >= 11 is 3.49. The van der Waals surface area contributed by atoms with Gasteiger partial charge in [-0.2, -0.15) is 0 Å². The van der Waals surface area contributed by atoms with Gasteiger partial charge in [-0.15, -0.1) is 0 Å². The molecule has 0 radical (unpaired) electrons. The van der Waals surface area contributed by atoms with E-state index in [1.54, 1.807) is 0 Å². The van der Waals surface area contributed by atoms with Gasteiger partial charge in [0.1, 0.15) is 11.5 Å². The summed E-state index contributed by atoms with van der Waals surface area (Å²) in [5.74, 6) is 1.76. The molecule has 0 saturated heterocycles. The predicted octanol–water partition coefficient (Wildman–Crippen LogP) is 4.02. The molecule has 2 rings (SSSR count). The highest BCUT2D eigenvalue weighted by Crippen LogP contribution is 2.26. The van der Waals surface area contributed by atoms with Gasteiger partial charge in [0.15, 0.2) is 0 Å². The zero-order valence-electron chi connectivity index (χ0n) is 10.3. The van der Waals surface area contributed by atoms with Crippen LogP contribution in [-0.4, -0.2) is 0 Å². The van der Waals surface area contributed by atoms with Crippen molar-refractivity contribution in [3.63, 3.8) is 0 Å². The monoisotopic (exact) mass is 293 g/mol. The van der Waals surface area contributed by atoms with Crippen LogP contribution in [0.15, 0.2) is 33.2 Å². The Morgan fingerprint density at radius 1 is 1.12 bits per heavy atom. The number of hydrogen-bond donors (Lipinski definition) is 1. The quantitative estimate of drug-likeness (QED) is 0.908. The highest BCUT2D eigenvalue weighted by molar-refractivity contribution is 9.10. The van der Waals surface area contributed by atoms with E-state index in [0.717, 1.165) is 27.1 Å². The number of benzene rings is 1. The molecule has 2 N–H and O–H groups in total. The summed E-state index contributed by atoms with van der Waals surface area (Å²) in [7, 11) is 0. The highest BCUT2D eigenvalue weighted by Gasteiger charge is 2.14. The molecule has 1 atom stereocenters. The van der Waals surface area contributed by atoms with Crippen LogP contribution in [-0.2, 0) is 0 Å². The van der Waals surface area contributed by atoms with Crippen LogP contribution in [0.2, 0.25) is 0 Å². The van der Waals surface area contributed by atoms with Crippen molar-refractivity contribution in [1.29, 1.82) is 0 Å². The summed E-state index contributed by atoms with van der Waals surface area (Å²) in [5, 5.41) is 0. The van der Waals surface area contributed by atoms with Crippen molar-refractivity contribution in [2.75, 3.05) is 0 Å². The number of furan rings is 1. The summed E-state index contributed by atoms with van der Waals surface area (Å²) < 4.78 is 6.76. The second-order valence-corrected chi connectivity index (χ2v) is 5.23. The van der Waals surface area contributed by atoms with E-state index in [0.29, 0.717) is 0 Å². The molecule has 3 heteroatoms. The third kappa shape index (κ3) is 2.45. The Morgan fingerprint density at radius 3 is 2.35 bits per heavy atom. The summed E-state index contributed by atoms with van der Waals surface area (Å²) in [6, 6.07) is 7.94. The van der Waals surface area contributed by atoms with Gasteiger partial charge < -0.3 is 10.2 Å². The fourth-order valence-corrected chi connectivity index (χ4v) is 2.03. The highest BCUT2D eigenvalue weighted by atomic mass is 79.9. The first-order chi connectivity index (χ1) is 7.99. The van der Waals surface area contributed by atoms with Crippen LogP contribution in [0.25, 0.3) is 0 Å². The average molecular weight is 294 g/mol. The molecule has 2 nitrogen and oxygen atoms in total. The maximum Gasteiger partial charge on any atom is 0.125 e. The van der Waals surface area contributed by atoms with E-state index in [2.05, 4.69) is 28.9 Å². The third-order valence-corrected chi connectivity index (χ3v) is 3.92. The van der Waals surface area contributed by atoms with Crippen molar-refractivity contribution in [1.82, 2.24) is 0 Å². The van der Waals surface area contributed by atoms with Crippen molar-refractivity contribution in [2.45, 2.75) is 26.8 Å². The van der Waals surface area contributed by atoms with E-state index in [4.69, 9.17) is 10.2 Å². The Labute approximate surface area is 110 Å². The van der Waals surface area contributed by atoms with Gasteiger partial charge in [-0.3, -0.25) is 0 Å². The lowest BCUT2D eigenvalue weighted by Crippen LogP contribution is -2.11. The van der Waals surface area contributed by atoms with Crippen molar-refractivity contribution in [3.05, 3.63) is 56.9 Å². The van der Waals surface area contributed by atoms with Crippen LogP contribution in [0.4, 0.5) is 0 Å². The van der Waals surface area contributed by atoms with Crippen LogP contribution >= 0.6 is 15.9 Å². The molecule has 0 aliphatic rings. The molecule has 0 amide bonds. The molecule has 17 heavy (non-hydrogen) atoms. The molecular weight excluding hydrogens is 278 g/mol. The summed E-state index contributed by atoms with van der Waals surface area (Å²) in [6.45, 7) is 6.04. The summed E-state index contributed by atoms with van der Waals surface area (Å²) in [5.41, 5.74) is 9.60. The van der Waals surface area contributed by atoms with E-state index < -0.39 is 0 Å². The van der Waals surface area contributed by atoms with Crippen molar-refractivity contribution in [2.24, 2.45) is 5.73 Å². The Morgan fingerprint density at radius 2 is 1.82 bits per heavy atom. The van der Waals surface area contributed by atoms with Crippen LogP contribution in [0.1, 0.15) is 34.3 Å². The Kier molecular flexibility index (Phi) is 3.40. The minimum Gasteiger partial charge on any atom is -0.464 e. The molecule has 0 spiro atoms. The van der Waals surface area contributed by atoms with E-state index in [1.165, 1.54) is 5.56 Å². The first kappa shape index (κ1) is 12.4. The lowest BCUT2D eigenvalue weighted by molar-refractivity contribution is 0.465. The van der Waals surface area contributed by atoms with E-state index >= 15 is 0 Å². The van der Waals surface area contributed by atoms with Crippen LogP contribution in [0.5, 0.6) is 0 Å². The van der Waals surface area contributed by atoms with E-state index in [-0.39, 0.29) is 6.04 Å². The molecule has 0 aliphatic heterocycles. The van der Waals surface area contributed by atoms with Crippen LogP contribution in [0.3, 0.4) is 0 Å². The molecule has 2 aromatic rings. The van der Waals surface area contributed by atoms with Gasteiger partial charge in [0.05, 0.1) is 6.04 Å². The minimum atomic E-state index is -0.200. The molecule has 1 unspecified atom stereocenters. The van der Waals surface area contributed by atoms with Gasteiger partial charge in [-0.1, -0.05) is 28.1 Å². The lowest BCUT2D eigenvalue weighted by atomic mass is 10.0. The Bertz CT molecular complexity index is 526. The molecule has 1 aromatic heterocycles. The molecule has 0 aliphatic carbocycles. The summed E-state index contributed by atoms with van der Waals surface area (Å²) in [6.07, 6.45) is 0. The van der Waals surface area contributed by atoms with Gasteiger partial charge in [0.2, 0.25) is 0 Å². The third-order valence-electron chi connectivity index (χ3n) is 3.03. The molecule has 0 bridgehead atoms. The topological polar surface area (TPSA) is 39.2 Å². The minimum absolute atomic E-state index is 0.200. The standard InChI is InChI=1S/C14H16BrNO/c1-8-7-13(17-10(8)3)14(16)11-4-5-12(15)9(2)6-11/h4-7,14H,16H2,1-3H3. The first-order valence-electron chi connectivity index (χ1n) is 5.57. The molecule has 90 valence electrons. The maximum atomic E-state index is 6.21. The van der Waals surface area contributed by atoms with E-state index in [9.17, 15) is 0 Å². The van der Waals surface area contributed by atoms with Crippen molar-refractivity contribution >= 4 is 15.9 Å². The van der Waals surface area contributed by atoms with Gasteiger partial charge in [0.25, 0.3) is 0 Å². The molecule has 0 saturated carbocycles. The largest absolute Gasteiger partial charge is 0.464 e. The molecular formula is C14H16BrNO. The second kappa shape index (κ2) is 4.67. The van der Waals surface area contributed by atoms with Crippen LogP contribution in [0, 0.1) is 20.8 Å².